The van der Waals surface area contributed by atoms with Crippen molar-refractivity contribution >= 4 is 17.3 Å². The van der Waals surface area contributed by atoms with Gasteiger partial charge in [-0.3, -0.25) is 0 Å². The van der Waals surface area contributed by atoms with Crippen molar-refractivity contribution in [2.75, 3.05) is 11.1 Å². The first-order valence-corrected chi connectivity index (χ1v) is 6.53. The van der Waals surface area contributed by atoms with Gasteiger partial charge in [-0.05, 0) is 49.3 Å². The van der Waals surface area contributed by atoms with Gasteiger partial charge in [-0.25, -0.2) is 4.79 Å². The fourth-order valence-corrected chi connectivity index (χ4v) is 3.49. The van der Waals surface area contributed by atoms with Gasteiger partial charge in [0, 0.05) is 11.7 Å². The van der Waals surface area contributed by atoms with Gasteiger partial charge in [0.2, 0.25) is 0 Å². The lowest BCUT2D eigenvalue weighted by Gasteiger charge is -2.25. The van der Waals surface area contributed by atoms with E-state index in [1.54, 1.807) is 18.2 Å². The fraction of sp³-hybridized carbons (Fsp3) is 0.500. The van der Waals surface area contributed by atoms with E-state index in [0.717, 1.165) is 5.92 Å². The zero-order valence-electron chi connectivity index (χ0n) is 10.2. The SMILES string of the molecule is Nc1ccc(C(=O)O)c(NC2CC3CCC2C3)c1. The zero-order valence-corrected chi connectivity index (χ0v) is 10.2. The van der Waals surface area contributed by atoms with E-state index in [0.29, 0.717) is 28.9 Å². The quantitative estimate of drug-likeness (QED) is 0.716. The van der Waals surface area contributed by atoms with Crippen LogP contribution in [0.5, 0.6) is 0 Å². The van der Waals surface area contributed by atoms with Crippen LogP contribution in [0.25, 0.3) is 0 Å². The van der Waals surface area contributed by atoms with Crippen molar-refractivity contribution < 1.29 is 9.90 Å². The predicted octanol–water partition coefficient (Wildman–Crippen LogP) is 2.57. The maximum absolute atomic E-state index is 11.2. The van der Waals surface area contributed by atoms with Crippen molar-refractivity contribution in [3.05, 3.63) is 23.8 Å². The summed E-state index contributed by atoms with van der Waals surface area (Å²) in [6.07, 6.45) is 5.07. The Bertz CT molecular complexity index is 487. The molecule has 4 N–H and O–H groups in total. The highest BCUT2D eigenvalue weighted by molar-refractivity contribution is 5.95. The van der Waals surface area contributed by atoms with Crippen LogP contribution in [0.1, 0.15) is 36.0 Å². The minimum atomic E-state index is -0.902. The van der Waals surface area contributed by atoms with Crippen molar-refractivity contribution in [1.29, 1.82) is 0 Å². The van der Waals surface area contributed by atoms with Crippen LogP contribution in [0.3, 0.4) is 0 Å². The first kappa shape index (κ1) is 11.4. The highest BCUT2D eigenvalue weighted by atomic mass is 16.4. The lowest BCUT2D eigenvalue weighted by molar-refractivity contribution is 0.0698. The van der Waals surface area contributed by atoms with Gasteiger partial charge in [0.05, 0.1) is 11.3 Å². The maximum atomic E-state index is 11.2. The van der Waals surface area contributed by atoms with Crippen molar-refractivity contribution in [1.82, 2.24) is 0 Å². The molecule has 3 rings (SSSR count). The molecule has 18 heavy (non-hydrogen) atoms. The van der Waals surface area contributed by atoms with Gasteiger partial charge >= 0.3 is 5.97 Å². The Kier molecular flexibility index (Phi) is 2.65. The molecule has 0 aliphatic heterocycles. The molecule has 0 aromatic heterocycles. The number of carbonyl (C=O) groups is 1. The summed E-state index contributed by atoms with van der Waals surface area (Å²) in [6.45, 7) is 0. The molecule has 3 unspecified atom stereocenters. The van der Waals surface area contributed by atoms with Crippen LogP contribution in [-0.2, 0) is 0 Å². The van der Waals surface area contributed by atoms with E-state index in [1.165, 1.54) is 25.7 Å². The lowest BCUT2D eigenvalue weighted by Crippen LogP contribution is -2.26. The van der Waals surface area contributed by atoms with Crippen molar-refractivity contribution in [2.24, 2.45) is 11.8 Å². The van der Waals surface area contributed by atoms with E-state index < -0.39 is 5.97 Å². The number of carboxylic acid groups (broad SMARTS) is 1. The molecule has 0 radical (unpaired) electrons. The molecule has 3 atom stereocenters. The zero-order chi connectivity index (χ0) is 12.7. The first-order valence-electron chi connectivity index (χ1n) is 6.53. The molecule has 2 saturated carbocycles. The largest absolute Gasteiger partial charge is 0.478 e. The standard InChI is InChI=1S/C14H18N2O2/c15-10-3-4-11(14(17)18)13(7-10)16-12-6-8-1-2-9(12)5-8/h3-4,7-9,12,16H,1-2,5-6,15H2,(H,17,18). The second kappa shape index (κ2) is 4.19. The predicted molar refractivity (Wildman–Crippen MR) is 70.7 cm³/mol. The average molecular weight is 246 g/mol. The number of anilines is 2. The molecule has 0 spiro atoms. The number of carboxylic acids is 1. The topological polar surface area (TPSA) is 75.4 Å². The molecule has 1 aromatic carbocycles. The Morgan fingerprint density at radius 1 is 1.33 bits per heavy atom. The number of nitrogen functional groups attached to an aromatic ring is 1. The van der Waals surface area contributed by atoms with Crippen LogP contribution in [0.15, 0.2) is 18.2 Å². The van der Waals surface area contributed by atoms with E-state index in [2.05, 4.69) is 5.32 Å². The molecule has 0 heterocycles. The Morgan fingerprint density at radius 2 is 2.17 bits per heavy atom. The van der Waals surface area contributed by atoms with Crippen molar-refractivity contribution in [3.8, 4) is 0 Å². The summed E-state index contributed by atoms with van der Waals surface area (Å²) in [6, 6.07) is 5.36. The molecule has 4 heteroatoms. The van der Waals surface area contributed by atoms with Crippen molar-refractivity contribution in [3.63, 3.8) is 0 Å². The maximum Gasteiger partial charge on any atom is 0.337 e. The van der Waals surface area contributed by atoms with Gasteiger partial charge in [-0.2, -0.15) is 0 Å². The molecule has 2 aliphatic rings. The van der Waals surface area contributed by atoms with E-state index >= 15 is 0 Å². The Hall–Kier alpha value is -1.71. The number of hydrogen-bond acceptors (Lipinski definition) is 3. The smallest absolute Gasteiger partial charge is 0.337 e. The lowest BCUT2D eigenvalue weighted by atomic mass is 9.95. The van der Waals surface area contributed by atoms with Gasteiger partial charge in [0.25, 0.3) is 0 Å². The summed E-state index contributed by atoms with van der Waals surface area (Å²) in [4.78, 5) is 11.2. The monoisotopic (exact) mass is 246 g/mol. The third-order valence-corrected chi connectivity index (χ3v) is 4.35. The third kappa shape index (κ3) is 1.92. The van der Waals surface area contributed by atoms with Crippen LogP contribution in [0.2, 0.25) is 0 Å². The van der Waals surface area contributed by atoms with Crippen LogP contribution in [0, 0.1) is 11.8 Å². The molecule has 96 valence electrons. The van der Waals surface area contributed by atoms with E-state index in [9.17, 15) is 9.90 Å². The van der Waals surface area contributed by atoms with Crippen LogP contribution >= 0.6 is 0 Å². The molecule has 1 aromatic rings. The molecular formula is C14H18N2O2. The summed E-state index contributed by atoms with van der Waals surface area (Å²) in [5.74, 6) is 0.639. The van der Waals surface area contributed by atoms with E-state index in [1.807, 2.05) is 0 Å². The second-order valence-corrected chi connectivity index (χ2v) is 5.54. The molecule has 2 fully saturated rings. The fourth-order valence-electron chi connectivity index (χ4n) is 3.49. The Labute approximate surface area is 106 Å². The highest BCUT2D eigenvalue weighted by Crippen LogP contribution is 2.45. The second-order valence-electron chi connectivity index (χ2n) is 5.54. The van der Waals surface area contributed by atoms with E-state index in [-0.39, 0.29) is 0 Å². The van der Waals surface area contributed by atoms with Gasteiger partial charge in [0.15, 0.2) is 0 Å². The summed E-state index contributed by atoms with van der Waals surface area (Å²) in [5.41, 5.74) is 7.33. The van der Waals surface area contributed by atoms with Gasteiger partial charge in [0.1, 0.15) is 0 Å². The summed E-state index contributed by atoms with van der Waals surface area (Å²) >= 11 is 0. The first-order chi connectivity index (χ1) is 8.63. The minimum absolute atomic E-state index is 0.312. The number of rotatable bonds is 3. The van der Waals surface area contributed by atoms with Crippen LogP contribution in [-0.4, -0.2) is 17.1 Å². The molecule has 4 nitrogen and oxygen atoms in total. The molecular weight excluding hydrogens is 228 g/mol. The Balaban J connectivity index is 1.83. The third-order valence-electron chi connectivity index (χ3n) is 4.35. The number of benzene rings is 1. The number of nitrogens with one attached hydrogen (secondary N) is 1. The average Bonchev–Trinajstić information content (AvgIpc) is 2.90. The number of fused-ring (bicyclic) bond motifs is 2. The highest BCUT2D eigenvalue weighted by Gasteiger charge is 2.39. The van der Waals surface area contributed by atoms with Crippen LogP contribution < -0.4 is 11.1 Å². The molecule has 2 aliphatic carbocycles. The van der Waals surface area contributed by atoms with Crippen molar-refractivity contribution in [2.45, 2.75) is 31.7 Å². The number of aromatic carboxylic acids is 1. The number of nitrogens with two attached hydrogens (primary N) is 1. The summed E-state index contributed by atoms with van der Waals surface area (Å²) in [7, 11) is 0. The minimum Gasteiger partial charge on any atom is -0.478 e. The van der Waals surface area contributed by atoms with Gasteiger partial charge in [-0.15, -0.1) is 0 Å². The van der Waals surface area contributed by atoms with Crippen LogP contribution in [0.4, 0.5) is 11.4 Å². The van der Waals surface area contributed by atoms with Gasteiger partial charge in [-0.1, -0.05) is 6.42 Å². The Morgan fingerprint density at radius 3 is 2.78 bits per heavy atom. The summed E-state index contributed by atoms with van der Waals surface area (Å²) < 4.78 is 0. The molecule has 2 bridgehead atoms. The molecule has 0 saturated heterocycles. The van der Waals surface area contributed by atoms with Gasteiger partial charge < -0.3 is 16.2 Å². The van der Waals surface area contributed by atoms with E-state index in [4.69, 9.17) is 5.73 Å². The normalized spacial score (nSPS) is 29.4. The number of hydrogen-bond donors (Lipinski definition) is 3. The summed E-state index contributed by atoms with van der Waals surface area (Å²) in [5, 5.41) is 12.6. The molecule has 0 amide bonds.